The molecule has 2 rings (SSSR count). The van der Waals surface area contributed by atoms with Crippen molar-refractivity contribution in [1.29, 1.82) is 0 Å². The fourth-order valence-corrected chi connectivity index (χ4v) is 3.14. The Kier molecular flexibility index (Phi) is 8.51. The average molecular weight is 610 g/mol. The minimum absolute atomic E-state index is 0.893. The molecule has 0 atom stereocenters. The van der Waals surface area contributed by atoms with Crippen molar-refractivity contribution >= 4 is 32.7 Å². The molecule has 4 nitrogen and oxygen atoms in total. The van der Waals surface area contributed by atoms with Crippen LogP contribution >= 0.6 is 22.6 Å². The summed E-state index contributed by atoms with van der Waals surface area (Å²) < 4.78 is 140. The topological polar surface area (TPSA) is 63.6 Å². The van der Waals surface area contributed by atoms with Crippen LogP contribution in [0.2, 0.25) is 0 Å². The van der Waals surface area contributed by atoms with Crippen LogP contribution in [0.4, 0.5) is 39.5 Å². The van der Waals surface area contributed by atoms with Gasteiger partial charge in [-0.3, -0.25) is 4.55 Å². The molecule has 15 heteroatoms. The van der Waals surface area contributed by atoms with Crippen molar-refractivity contribution < 1.29 is 57.2 Å². The van der Waals surface area contributed by atoms with Gasteiger partial charge in [-0.15, -0.1) is 0 Å². The molecule has 0 saturated carbocycles. The van der Waals surface area contributed by atoms with Crippen molar-refractivity contribution in [3.8, 4) is 16.9 Å². The van der Waals surface area contributed by atoms with Crippen molar-refractivity contribution in [2.75, 3.05) is 7.11 Å². The minimum atomic E-state index is -7.37. The van der Waals surface area contributed by atoms with E-state index in [0.29, 0.717) is 0 Å². The van der Waals surface area contributed by atoms with Gasteiger partial charge >= 0.3 is 33.4 Å². The van der Waals surface area contributed by atoms with Gasteiger partial charge in [0.25, 0.3) is 0 Å². The van der Waals surface area contributed by atoms with Crippen LogP contribution in [-0.4, -0.2) is 43.4 Å². The van der Waals surface area contributed by atoms with Crippen molar-refractivity contribution in [3.63, 3.8) is 0 Å². The standard InChI is InChI=1S/C13H11IO.C4HF9O3S/c1-15-11-8-6-10(7-9-11)12-4-2-3-5-13(12)14;5-1(6,3(9,10)11)2(7,8)4(12,13)17(14,15)16/h2-9H,1H3;(H,14,15,16). The molecule has 0 spiro atoms. The predicted molar refractivity (Wildman–Crippen MR) is 104 cm³/mol. The summed E-state index contributed by atoms with van der Waals surface area (Å²) >= 11 is 2.35. The molecular formula is C17H12F9IO4S. The zero-order valence-corrected chi connectivity index (χ0v) is 18.5. The lowest BCUT2D eigenvalue weighted by atomic mass is 10.1. The van der Waals surface area contributed by atoms with Gasteiger partial charge < -0.3 is 4.74 Å². The fourth-order valence-electron chi connectivity index (χ4n) is 1.99. The normalized spacial score (nSPS) is 13.2. The van der Waals surface area contributed by atoms with Crippen LogP contribution in [0.5, 0.6) is 5.75 Å². The SMILES string of the molecule is COc1ccc(-c2ccccc2I)cc1.O=S(=O)(O)C(F)(F)C(F)(F)C(F)(F)C(F)(F)F. The van der Waals surface area contributed by atoms with E-state index in [1.54, 1.807) is 7.11 Å². The van der Waals surface area contributed by atoms with E-state index in [1.807, 2.05) is 12.1 Å². The van der Waals surface area contributed by atoms with E-state index in [1.165, 1.54) is 14.7 Å². The Morgan fingerprint density at radius 1 is 0.812 bits per heavy atom. The van der Waals surface area contributed by atoms with Gasteiger partial charge in [0.05, 0.1) is 7.11 Å². The van der Waals surface area contributed by atoms with Crippen LogP contribution in [0.15, 0.2) is 48.5 Å². The Morgan fingerprint density at radius 2 is 1.28 bits per heavy atom. The molecule has 0 aliphatic rings. The number of rotatable bonds is 5. The largest absolute Gasteiger partial charge is 0.497 e. The molecule has 32 heavy (non-hydrogen) atoms. The van der Waals surface area contributed by atoms with Crippen molar-refractivity contribution in [2.24, 2.45) is 0 Å². The lowest BCUT2D eigenvalue weighted by Gasteiger charge is -2.31. The molecule has 0 unspecified atom stereocenters. The van der Waals surface area contributed by atoms with E-state index in [4.69, 9.17) is 9.29 Å². The van der Waals surface area contributed by atoms with E-state index >= 15 is 0 Å². The van der Waals surface area contributed by atoms with E-state index in [0.717, 1.165) is 5.75 Å². The summed E-state index contributed by atoms with van der Waals surface area (Å²) in [6.45, 7) is 0. The molecule has 0 saturated heterocycles. The first kappa shape index (κ1) is 28.3. The molecule has 2 aromatic carbocycles. The summed E-state index contributed by atoms with van der Waals surface area (Å²) in [5, 5.41) is -7.00. The number of halogens is 10. The second kappa shape index (κ2) is 9.62. The smallest absolute Gasteiger partial charge is 0.460 e. The molecular weight excluding hydrogens is 598 g/mol. The van der Waals surface area contributed by atoms with Gasteiger partial charge in [0.15, 0.2) is 0 Å². The Morgan fingerprint density at radius 3 is 1.66 bits per heavy atom. The van der Waals surface area contributed by atoms with Crippen LogP contribution in [-0.2, 0) is 10.1 Å². The first-order valence-electron chi connectivity index (χ1n) is 7.87. The molecule has 180 valence electrons. The van der Waals surface area contributed by atoms with Gasteiger partial charge in [0.2, 0.25) is 0 Å². The number of alkyl halides is 9. The first-order chi connectivity index (χ1) is 14.3. The molecule has 0 aliphatic carbocycles. The van der Waals surface area contributed by atoms with E-state index in [-0.39, 0.29) is 0 Å². The van der Waals surface area contributed by atoms with Crippen LogP contribution in [0.1, 0.15) is 0 Å². The van der Waals surface area contributed by atoms with Gasteiger partial charge in [-0.2, -0.15) is 47.9 Å². The summed E-state index contributed by atoms with van der Waals surface area (Å²) in [7, 11) is -5.48. The summed E-state index contributed by atoms with van der Waals surface area (Å²) in [6, 6.07) is 16.5. The lowest BCUT2D eigenvalue weighted by molar-refractivity contribution is -0.382. The van der Waals surface area contributed by atoms with Crippen LogP contribution in [0.25, 0.3) is 11.1 Å². The molecule has 0 aliphatic heterocycles. The number of benzene rings is 2. The highest BCUT2D eigenvalue weighted by Gasteiger charge is 2.85. The van der Waals surface area contributed by atoms with Crippen molar-refractivity contribution in [1.82, 2.24) is 0 Å². The van der Waals surface area contributed by atoms with Gasteiger partial charge in [-0.25, -0.2) is 0 Å². The van der Waals surface area contributed by atoms with Gasteiger partial charge in [0.1, 0.15) is 5.75 Å². The molecule has 1 N–H and O–H groups in total. The average Bonchev–Trinajstić information content (AvgIpc) is 2.67. The van der Waals surface area contributed by atoms with Crippen LogP contribution in [0, 0.1) is 3.57 Å². The zero-order valence-electron chi connectivity index (χ0n) is 15.5. The summed E-state index contributed by atoms with van der Waals surface area (Å²) in [6.07, 6.45) is -7.13. The monoisotopic (exact) mass is 610 g/mol. The summed E-state index contributed by atoms with van der Waals surface area (Å²) in [4.78, 5) is 0. The maximum atomic E-state index is 12.2. The lowest BCUT2D eigenvalue weighted by Crippen LogP contribution is -2.63. The summed E-state index contributed by atoms with van der Waals surface area (Å²) in [5.74, 6) is -13.8. The highest BCUT2D eigenvalue weighted by atomic mass is 127. The maximum absolute atomic E-state index is 12.2. The first-order valence-corrected chi connectivity index (χ1v) is 10.4. The van der Waals surface area contributed by atoms with Crippen molar-refractivity contribution in [3.05, 3.63) is 52.1 Å². The fraction of sp³-hybridized carbons (Fsp3) is 0.294. The van der Waals surface area contributed by atoms with Crippen LogP contribution in [0.3, 0.4) is 0 Å². The number of hydrogen-bond acceptors (Lipinski definition) is 3. The quantitative estimate of drug-likeness (QED) is 0.247. The minimum Gasteiger partial charge on any atom is -0.497 e. The number of hydrogen-bond donors (Lipinski definition) is 1. The molecule has 0 radical (unpaired) electrons. The van der Waals surface area contributed by atoms with Gasteiger partial charge in [0, 0.05) is 3.57 Å². The van der Waals surface area contributed by atoms with E-state index in [9.17, 15) is 47.9 Å². The molecule has 0 aromatic heterocycles. The molecule has 0 bridgehead atoms. The number of ether oxygens (including phenoxy) is 1. The Balaban J connectivity index is 0.000000321. The third-order valence-electron chi connectivity index (χ3n) is 3.71. The maximum Gasteiger partial charge on any atom is 0.460 e. The molecule has 2 aromatic rings. The third kappa shape index (κ3) is 5.59. The highest BCUT2D eigenvalue weighted by Crippen LogP contribution is 2.54. The Bertz CT molecular complexity index is 1020. The van der Waals surface area contributed by atoms with Crippen LogP contribution < -0.4 is 4.74 Å². The second-order valence-electron chi connectivity index (χ2n) is 5.85. The molecule has 0 fully saturated rings. The second-order valence-corrected chi connectivity index (χ2v) is 8.47. The van der Waals surface area contributed by atoms with E-state index < -0.39 is 33.4 Å². The number of methoxy groups -OCH3 is 1. The van der Waals surface area contributed by atoms with Gasteiger partial charge in [-0.1, -0.05) is 30.3 Å². The third-order valence-corrected chi connectivity index (χ3v) is 5.56. The van der Waals surface area contributed by atoms with Crippen molar-refractivity contribution in [2.45, 2.75) is 23.3 Å². The highest BCUT2D eigenvalue weighted by molar-refractivity contribution is 14.1. The molecule has 0 heterocycles. The predicted octanol–water partition coefficient (Wildman–Crippen LogP) is 6.27. The van der Waals surface area contributed by atoms with E-state index in [2.05, 4.69) is 59.0 Å². The molecule has 0 amide bonds. The van der Waals surface area contributed by atoms with Gasteiger partial charge in [-0.05, 0) is 51.9 Å². The zero-order chi connectivity index (χ0) is 25.2. The Labute approximate surface area is 189 Å². The summed E-state index contributed by atoms with van der Waals surface area (Å²) in [5.41, 5.74) is 2.49. The Hall–Kier alpha value is -1.75.